The molecule has 1 heterocycles. The number of rotatable bonds is 3. The molecule has 4 nitrogen and oxygen atoms in total. The number of halogens is 1. The van der Waals surface area contributed by atoms with E-state index >= 15 is 0 Å². The number of carbonyl (C=O) groups excluding carboxylic acids is 2. The average Bonchev–Trinajstić information content (AvgIpc) is 2.76. The van der Waals surface area contributed by atoms with Crippen molar-refractivity contribution in [3.8, 4) is 0 Å². The standard InChI is InChI=1S/C19H18FNO3/c1-19(2)14-9-8-12(17(22)24-3)10-16(14)21(18(19)23)11-13-6-4-5-7-15(13)20/h4-10H,11H2,1-3H3. The number of amides is 1. The van der Waals surface area contributed by atoms with Crippen LogP contribution in [0.5, 0.6) is 0 Å². The van der Waals surface area contributed by atoms with Crippen molar-refractivity contribution in [2.45, 2.75) is 25.8 Å². The number of fused-ring (bicyclic) bond motifs is 1. The number of ether oxygens (including phenoxy) is 1. The van der Waals surface area contributed by atoms with Gasteiger partial charge in [0.2, 0.25) is 5.91 Å². The third-order valence-electron chi connectivity index (χ3n) is 4.45. The van der Waals surface area contributed by atoms with Crippen molar-refractivity contribution >= 4 is 17.6 Å². The molecule has 0 saturated carbocycles. The molecule has 0 spiro atoms. The number of hydrogen-bond acceptors (Lipinski definition) is 3. The predicted octanol–water partition coefficient (Wildman–Crippen LogP) is 3.44. The van der Waals surface area contributed by atoms with Gasteiger partial charge in [0.05, 0.1) is 24.6 Å². The van der Waals surface area contributed by atoms with Crippen LogP contribution < -0.4 is 4.90 Å². The van der Waals surface area contributed by atoms with Crippen molar-refractivity contribution in [3.05, 3.63) is 65.0 Å². The van der Waals surface area contributed by atoms with Gasteiger partial charge in [-0.15, -0.1) is 0 Å². The average molecular weight is 327 g/mol. The van der Waals surface area contributed by atoms with Gasteiger partial charge in [0.15, 0.2) is 0 Å². The number of benzene rings is 2. The Bertz CT molecular complexity index is 829. The molecule has 0 N–H and O–H groups in total. The smallest absolute Gasteiger partial charge is 0.337 e. The van der Waals surface area contributed by atoms with E-state index in [1.165, 1.54) is 18.1 Å². The van der Waals surface area contributed by atoms with Gasteiger partial charge in [0, 0.05) is 11.3 Å². The number of methoxy groups -OCH3 is 1. The fourth-order valence-corrected chi connectivity index (χ4v) is 3.04. The largest absolute Gasteiger partial charge is 0.465 e. The maximum atomic E-state index is 14.0. The molecule has 0 aliphatic carbocycles. The van der Waals surface area contributed by atoms with Crippen LogP contribution in [0.2, 0.25) is 0 Å². The number of hydrogen-bond donors (Lipinski definition) is 0. The van der Waals surface area contributed by atoms with Crippen molar-refractivity contribution in [2.75, 3.05) is 12.0 Å². The lowest BCUT2D eigenvalue weighted by molar-refractivity contribution is -0.122. The zero-order valence-electron chi connectivity index (χ0n) is 13.8. The van der Waals surface area contributed by atoms with Gasteiger partial charge < -0.3 is 9.64 Å². The summed E-state index contributed by atoms with van der Waals surface area (Å²) in [6, 6.07) is 11.4. The molecule has 0 saturated heterocycles. The zero-order chi connectivity index (χ0) is 17.5. The Balaban J connectivity index is 2.07. The zero-order valence-corrected chi connectivity index (χ0v) is 13.8. The molecule has 0 fully saturated rings. The monoisotopic (exact) mass is 327 g/mol. The van der Waals surface area contributed by atoms with Crippen LogP contribution in [0.15, 0.2) is 42.5 Å². The molecule has 1 amide bonds. The lowest BCUT2D eigenvalue weighted by Gasteiger charge is -2.20. The molecule has 1 aliphatic rings. The van der Waals surface area contributed by atoms with E-state index in [1.54, 1.807) is 36.4 Å². The summed E-state index contributed by atoms with van der Waals surface area (Å²) >= 11 is 0. The summed E-state index contributed by atoms with van der Waals surface area (Å²) in [4.78, 5) is 26.2. The van der Waals surface area contributed by atoms with E-state index in [-0.39, 0.29) is 18.3 Å². The van der Waals surface area contributed by atoms with Gasteiger partial charge in [-0.3, -0.25) is 4.79 Å². The van der Waals surface area contributed by atoms with E-state index in [4.69, 9.17) is 4.74 Å². The maximum Gasteiger partial charge on any atom is 0.337 e. The molecule has 0 atom stereocenters. The van der Waals surface area contributed by atoms with Crippen molar-refractivity contribution in [1.82, 2.24) is 0 Å². The van der Waals surface area contributed by atoms with Gasteiger partial charge in [-0.2, -0.15) is 0 Å². The van der Waals surface area contributed by atoms with Crippen molar-refractivity contribution in [3.63, 3.8) is 0 Å². The second-order valence-electron chi connectivity index (χ2n) is 6.33. The number of anilines is 1. The number of esters is 1. The second kappa shape index (κ2) is 5.74. The molecule has 5 heteroatoms. The molecular formula is C19H18FNO3. The molecule has 1 aliphatic heterocycles. The van der Waals surface area contributed by atoms with Crippen LogP contribution in [0.25, 0.3) is 0 Å². The van der Waals surface area contributed by atoms with Crippen LogP contribution in [0.1, 0.15) is 35.3 Å². The summed E-state index contributed by atoms with van der Waals surface area (Å²) in [6.07, 6.45) is 0. The van der Waals surface area contributed by atoms with Crippen LogP contribution in [0.3, 0.4) is 0 Å². The highest BCUT2D eigenvalue weighted by atomic mass is 19.1. The fourth-order valence-electron chi connectivity index (χ4n) is 3.04. The molecule has 2 aromatic rings. The first kappa shape index (κ1) is 16.2. The Hall–Kier alpha value is -2.69. The van der Waals surface area contributed by atoms with Gasteiger partial charge in [-0.05, 0) is 37.6 Å². The highest BCUT2D eigenvalue weighted by Gasteiger charge is 2.44. The van der Waals surface area contributed by atoms with Crippen LogP contribution in [0.4, 0.5) is 10.1 Å². The molecule has 124 valence electrons. The van der Waals surface area contributed by atoms with Crippen LogP contribution in [0, 0.1) is 5.82 Å². The summed E-state index contributed by atoms with van der Waals surface area (Å²) in [6.45, 7) is 3.77. The van der Waals surface area contributed by atoms with Crippen molar-refractivity contribution in [1.29, 1.82) is 0 Å². The Morgan fingerprint density at radius 2 is 1.92 bits per heavy atom. The van der Waals surface area contributed by atoms with Crippen LogP contribution in [-0.2, 0) is 21.5 Å². The minimum absolute atomic E-state index is 0.118. The van der Waals surface area contributed by atoms with Gasteiger partial charge in [0.1, 0.15) is 5.82 Å². The van der Waals surface area contributed by atoms with Crippen LogP contribution >= 0.6 is 0 Å². The van der Waals surface area contributed by atoms with E-state index in [1.807, 2.05) is 13.8 Å². The number of nitrogens with zero attached hydrogens (tertiary/aromatic N) is 1. The first-order valence-corrected chi connectivity index (χ1v) is 7.64. The lowest BCUT2D eigenvalue weighted by Crippen LogP contribution is -2.35. The van der Waals surface area contributed by atoms with E-state index < -0.39 is 11.4 Å². The summed E-state index contributed by atoms with van der Waals surface area (Å²) in [5.41, 5.74) is 1.50. The molecule has 3 rings (SSSR count). The molecule has 0 bridgehead atoms. The Morgan fingerprint density at radius 1 is 1.21 bits per heavy atom. The van der Waals surface area contributed by atoms with E-state index in [2.05, 4.69) is 0 Å². The van der Waals surface area contributed by atoms with E-state index in [9.17, 15) is 14.0 Å². The minimum Gasteiger partial charge on any atom is -0.465 e. The highest BCUT2D eigenvalue weighted by molar-refractivity contribution is 6.08. The SMILES string of the molecule is COC(=O)c1ccc2c(c1)N(Cc1ccccc1F)C(=O)C2(C)C. The van der Waals surface area contributed by atoms with Crippen molar-refractivity contribution < 1.29 is 18.7 Å². The second-order valence-corrected chi connectivity index (χ2v) is 6.33. The normalized spacial score (nSPS) is 15.3. The quantitative estimate of drug-likeness (QED) is 0.811. The summed E-state index contributed by atoms with van der Waals surface area (Å²) in [5.74, 6) is -0.954. The van der Waals surface area contributed by atoms with Gasteiger partial charge in [0.25, 0.3) is 0 Å². The first-order chi connectivity index (χ1) is 11.4. The first-order valence-electron chi connectivity index (χ1n) is 7.64. The lowest BCUT2D eigenvalue weighted by atomic mass is 9.86. The van der Waals surface area contributed by atoms with Gasteiger partial charge in [-0.1, -0.05) is 24.3 Å². The van der Waals surface area contributed by atoms with Gasteiger partial charge >= 0.3 is 5.97 Å². The van der Waals surface area contributed by atoms with E-state index in [0.717, 1.165) is 5.56 Å². The van der Waals surface area contributed by atoms with Crippen LogP contribution in [-0.4, -0.2) is 19.0 Å². The third-order valence-corrected chi connectivity index (χ3v) is 4.45. The molecule has 0 radical (unpaired) electrons. The summed E-state index contributed by atoms with van der Waals surface area (Å²) < 4.78 is 18.7. The molecular weight excluding hydrogens is 309 g/mol. The molecule has 0 unspecified atom stereocenters. The molecule has 2 aromatic carbocycles. The predicted molar refractivity (Wildman–Crippen MR) is 88.4 cm³/mol. The Morgan fingerprint density at radius 3 is 2.58 bits per heavy atom. The van der Waals surface area contributed by atoms with E-state index in [0.29, 0.717) is 16.8 Å². The molecule has 24 heavy (non-hydrogen) atoms. The van der Waals surface area contributed by atoms with Crippen molar-refractivity contribution in [2.24, 2.45) is 0 Å². The fraction of sp³-hybridized carbons (Fsp3) is 0.263. The molecule has 0 aromatic heterocycles. The highest BCUT2D eigenvalue weighted by Crippen LogP contribution is 2.42. The third kappa shape index (κ3) is 2.46. The number of carbonyl (C=O) groups is 2. The summed E-state index contributed by atoms with van der Waals surface area (Å²) in [5, 5.41) is 0. The summed E-state index contributed by atoms with van der Waals surface area (Å²) in [7, 11) is 1.31. The minimum atomic E-state index is -0.727. The maximum absolute atomic E-state index is 14.0. The topological polar surface area (TPSA) is 46.6 Å². The van der Waals surface area contributed by atoms with Gasteiger partial charge in [-0.25, -0.2) is 9.18 Å². The Labute approximate surface area is 139 Å². The Kier molecular flexibility index (Phi) is 3.87.